The van der Waals surface area contributed by atoms with Crippen LogP contribution in [0.3, 0.4) is 0 Å². The van der Waals surface area contributed by atoms with Crippen molar-refractivity contribution in [3.05, 3.63) is 51.6 Å². The lowest BCUT2D eigenvalue weighted by atomic mass is 10.1. The summed E-state index contributed by atoms with van der Waals surface area (Å²) in [5.41, 5.74) is 3.53. The zero-order chi connectivity index (χ0) is 16.2. The van der Waals surface area contributed by atoms with Gasteiger partial charge in [-0.25, -0.2) is 4.39 Å². The maximum absolute atomic E-state index is 13.7. The van der Waals surface area contributed by atoms with Crippen LogP contribution in [0.1, 0.15) is 41.8 Å². The van der Waals surface area contributed by atoms with Crippen LogP contribution in [0.25, 0.3) is 0 Å². The molecule has 23 heavy (non-hydrogen) atoms. The Kier molecular flexibility index (Phi) is 4.96. The number of rotatable bonds is 4. The first-order valence-electron chi connectivity index (χ1n) is 7.89. The van der Waals surface area contributed by atoms with Gasteiger partial charge in [0, 0.05) is 16.3 Å². The molecule has 0 saturated carbocycles. The lowest BCUT2D eigenvalue weighted by molar-refractivity contribution is -0.120. The second-order valence-corrected chi connectivity index (χ2v) is 6.25. The molecule has 0 spiro atoms. The molecule has 0 radical (unpaired) electrons. The maximum atomic E-state index is 13.7. The van der Waals surface area contributed by atoms with Crippen molar-refractivity contribution < 1.29 is 9.18 Å². The van der Waals surface area contributed by atoms with E-state index in [1.807, 2.05) is 0 Å². The van der Waals surface area contributed by atoms with Gasteiger partial charge in [-0.15, -0.1) is 0 Å². The Morgan fingerprint density at radius 3 is 2.96 bits per heavy atom. The number of nitrogens with one attached hydrogen (secondary N) is 2. The molecule has 0 saturated heterocycles. The molecule has 0 atom stereocenters. The highest BCUT2D eigenvalue weighted by Crippen LogP contribution is 2.22. The lowest BCUT2D eigenvalue weighted by Crippen LogP contribution is -2.25. The maximum Gasteiger partial charge on any atom is 0.224 e. The highest BCUT2D eigenvalue weighted by Gasteiger charge is 2.17. The number of hydrogen-bond donors (Lipinski definition) is 2. The van der Waals surface area contributed by atoms with E-state index in [1.165, 1.54) is 36.2 Å². The number of hydrogen-bond acceptors (Lipinski definition) is 2. The van der Waals surface area contributed by atoms with E-state index < -0.39 is 5.82 Å². The molecule has 122 valence electrons. The van der Waals surface area contributed by atoms with Crippen LogP contribution in [-0.4, -0.2) is 16.1 Å². The van der Waals surface area contributed by atoms with Gasteiger partial charge in [0.25, 0.3) is 0 Å². The Bertz CT molecular complexity index is 694. The normalized spacial score (nSPS) is 14.2. The Hall–Kier alpha value is -1.88. The first kappa shape index (κ1) is 16.0. The molecule has 0 fully saturated rings. The zero-order valence-electron chi connectivity index (χ0n) is 12.8. The van der Waals surface area contributed by atoms with E-state index in [4.69, 9.17) is 11.6 Å². The summed E-state index contributed by atoms with van der Waals surface area (Å²) in [5.74, 6) is -0.719. The molecule has 1 heterocycles. The van der Waals surface area contributed by atoms with Crippen LogP contribution in [0.2, 0.25) is 5.02 Å². The summed E-state index contributed by atoms with van der Waals surface area (Å²) in [6, 6.07) is 4.42. The van der Waals surface area contributed by atoms with Gasteiger partial charge in [0.2, 0.25) is 5.91 Å². The summed E-state index contributed by atoms with van der Waals surface area (Å²) >= 11 is 5.95. The molecular formula is C17H19ClFN3O. The predicted octanol–water partition coefficient (Wildman–Crippen LogP) is 3.33. The average molecular weight is 336 g/mol. The molecule has 1 amide bonds. The molecule has 2 aromatic rings. The Morgan fingerprint density at radius 2 is 2.13 bits per heavy atom. The molecule has 1 aliphatic carbocycles. The highest BCUT2D eigenvalue weighted by molar-refractivity contribution is 6.31. The van der Waals surface area contributed by atoms with Gasteiger partial charge in [0.1, 0.15) is 5.82 Å². The number of aromatic amines is 1. The van der Waals surface area contributed by atoms with Crippen LogP contribution in [0.4, 0.5) is 4.39 Å². The van der Waals surface area contributed by atoms with Gasteiger partial charge < -0.3 is 5.32 Å². The Morgan fingerprint density at radius 1 is 1.30 bits per heavy atom. The van der Waals surface area contributed by atoms with Crippen molar-refractivity contribution in [2.45, 2.75) is 45.1 Å². The summed E-state index contributed by atoms with van der Waals surface area (Å²) in [6.07, 6.45) is 5.49. The van der Waals surface area contributed by atoms with Gasteiger partial charge in [-0.1, -0.05) is 24.1 Å². The highest BCUT2D eigenvalue weighted by atomic mass is 35.5. The number of benzene rings is 1. The number of carbonyl (C=O) groups excluding carboxylic acids is 1. The number of carbonyl (C=O) groups is 1. The van der Waals surface area contributed by atoms with E-state index in [0.29, 0.717) is 6.54 Å². The Labute approximate surface area is 139 Å². The van der Waals surface area contributed by atoms with Gasteiger partial charge in [-0.05, 0) is 43.4 Å². The van der Waals surface area contributed by atoms with E-state index in [0.717, 1.165) is 25.0 Å². The Balaban J connectivity index is 1.63. The van der Waals surface area contributed by atoms with Crippen LogP contribution >= 0.6 is 11.6 Å². The molecule has 6 heteroatoms. The second-order valence-electron chi connectivity index (χ2n) is 5.84. The first-order chi connectivity index (χ1) is 11.1. The molecular weight excluding hydrogens is 317 g/mol. The van der Waals surface area contributed by atoms with Crippen LogP contribution in [0.15, 0.2) is 18.2 Å². The third-order valence-corrected chi connectivity index (χ3v) is 4.60. The van der Waals surface area contributed by atoms with E-state index in [9.17, 15) is 9.18 Å². The molecule has 0 bridgehead atoms. The van der Waals surface area contributed by atoms with Crippen molar-refractivity contribution in [1.29, 1.82) is 0 Å². The zero-order valence-corrected chi connectivity index (χ0v) is 13.5. The van der Waals surface area contributed by atoms with Crippen molar-refractivity contribution in [3.63, 3.8) is 0 Å². The number of nitrogens with zero attached hydrogens (tertiary/aromatic N) is 1. The number of H-pyrrole nitrogens is 1. The van der Waals surface area contributed by atoms with E-state index in [1.54, 1.807) is 6.07 Å². The molecule has 4 nitrogen and oxygen atoms in total. The minimum atomic E-state index is -0.457. The topological polar surface area (TPSA) is 57.8 Å². The molecule has 1 aromatic heterocycles. The quantitative estimate of drug-likeness (QED) is 0.842. The SMILES string of the molecule is O=C(Cc1c(F)cccc1Cl)NCc1n[nH]c2c1CCCCC2. The molecule has 0 unspecified atom stereocenters. The van der Waals surface area contributed by atoms with Gasteiger partial charge >= 0.3 is 0 Å². The standard InChI is InChI=1S/C17H19ClFN3O/c18-13-6-4-7-14(19)12(13)9-17(23)20-10-16-11-5-2-1-3-8-15(11)21-22-16/h4,6-7H,1-3,5,8-10H2,(H,20,23)(H,21,22). The van der Waals surface area contributed by atoms with Gasteiger partial charge in [-0.2, -0.15) is 5.10 Å². The summed E-state index contributed by atoms with van der Waals surface area (Å²) < 4.78 is 13.7. The molecule has 1 aliphatic rings. The largest absolute Gasteiger partial charge is 0.350 e. The third-order valence-electron chi connectivity index (χ3n) is 4.24. The first-order valence-corrected chi connectivity index (χ1v) is 8.27. The fourth-order valence-electron chi connectivity index (χ4n) is 2.98. The minimum absolute atomic E-state index is 0.0713. The van der Waals surface area contributed by atoms with E-state index in [2.05, 4.69) is 15.5 Å². The number of fused-ring (bicyclic) bond motifs is 1. The fraction of sp³-hybridized carbons (Fsp3) is 0.412. The van der Waals surface area contributed by atoms with Crippen molar-refractivity contribution in [1.82, 2.24) is 15.5 Å². The summed E-state index contributed by atoms with van der Waals surface area (Å²) in [6.45, 7) is 0.358. The van der Waals surface area contributed by atoms with Crippen LogP contribution in [0, 0.1) is 5.82 Å². The third kappa shape index (κ3) is 3.72. The summed E-state index contributed by atoms with van der Waals surface area (Å²) in [4.78, 5) is 12.1. The lowest BCUT2D eigenvalue weighted by Gasteiger charge is -2.07. The van der Waals surface area contributed by atoms with E-state index in [-0.39, 0.29) is 22.9 Å². The van der Waals surface area contributed by atoms with Crippen LogP contribution < -0.4 is 5.32 Å². The van der Waals surface area contributed by atoms with Gasteiger partial charge in [0.05, 0.1) is 18.7 Å². The van der Waals surface area contributed by atoms with Crippen molar-refractivity contribution >= 4 is 17.5 Å². The van der Waals surface area contributed by atoms with Crippen molar-refractivity contribution in [2.75, 3.05) is 0 Å². The fourth-order valence-corrected chi connectivity index (χ4v) is 3.21. The molecule has 0 aliphatic heterocycles. The van der Waals surface area contributed by atoms with Crippen LogP contribution in [0.5, 0.6) is 0 Å². The summed E-state index contributed by atoms with van der Waals surface area (Å²) in [5, 5.41) is 10.5. The molecule has 1 aromatic carbocycles. The average Bonchev–Trinajstić information content (AvgIpc) is 2.76. The molecule has 3 rings (SSSR count). The number of amides is 1. The number of aromatic nitrogens is 2. The van der Waals surface area contributed by atoms with Gasteiger partial charge in [0.15, 0.2) is 0 Å². The second kappa shape index (κ2) is 7.13. The monoisotopic (exact) mass is 335 g/mol. The smallest absolute Gasteiger partial charge is 0.224 e. The number of aryl methyl sites for hydroxylation is 1. The minimum Gasteiger partial charge on any atom is -0.350 e. The molecule has 2 N–H and O–H groups in total. The van der Waals surface area contributed by atoms with E-state index >= 15 is 0 Å². The number of halogens is 2. The summed E-state index contributed by atoms with van der Waals surface area (Å²) in [7, 11) is 0. The predicted molar refractivity (Wildman–Crippen MR) is 86.8 cm³/mol. The van der Waals surface area contributed by atoms with Crippen molar-refractivity contribution in [2.24, 2.45) is 0 Å². The van der Waals surface area contributed by atoms with Crippen LogP contribution in [-0.2, 0) is 30.6 Å². The van der Waals surface area contributed by atoms with Gasteiger partial charge in [-0.3, -0.25) is 9.89 Å². The van der Waals surface area contributed by atoms with Crippen molar-refractivity contribution in [3.8, 4) is 0 Å².